The van der Waals surface area contributed by atoms with Gasteiger partial charge in [0.15, 0.2) is 11.5 Å². The van der Waals surface area contributed by atoms with Crippen LogP contribution in [0.5, 0.6) is 0 Å². The van der Waals surface area contributed by atoms with Crippen molar-refractivity contribution in [2.24, 2.45) is 0 Å². The number of rotatable bonds is 3. The van der Waals surface area contributed by atoms with Crippen molar-refractivity contribution in [1.82, 2.24) is 10.1 Å². The van der Waals surface area contributed by atoms with E-state index in [1.807, 2.05) is 11.8 Å². The zero-order chi connectivity index (χ0) is 18.1. The van der Waals surface area contributed by atoms with Crippen molar-refractivity contribution >= 4 is 5.91 Å². The first kappa shape index (κ1) is 16.5. The van der Waals surface area contributed by atoms with Crippen LogP contribution in [0.3, 0.4) is 0 Å². The van der Waals surface area contributed by atoms with Crippen molar-refractivity contribution in [2.75, 3.05) is 6.54 Å². The molecule has 2 heterocycles. The van der Waals surface area contributed by atoms with Crippen LogP contribution < -0.4 is 0 Å². The first-order valence-corrected chi connectivity index (χ1v) is 8.72. The van der Waals surface area contributed by atoms with Gasteiger partial charge in [0.25, 0.3) is 5.91 Å². The summed E-state index contributed by atoms with van der Waals surface area (Å²) in [5, 5.41) is 3.94. The molecule has 2 aromatic carbocycles. The van der Waals surface area contributed by atoms with Crippen LogP contribution in [0, 0.1) is 12.7 Å². The van der Waals surface area contributed by atoms with Crippen LogP contribution in [0.15, 0.2) is 59.1 Å². The van der Waals surface area contributed by atoms with Gasteiger partial charge in [0.2, 0.25) is 0 Å². The summed E-state index contributed by atoms with van der Waals surface area (Å²) < 4.78 is 18.4. The molecular weight excluding hydrogens is 331 g/mol. The van der Waals surface area contributed by atoms with E-state index in [9.17, 15) is 9.18 Å². The molecule has 0 N–H and O–H groups in total. The highest BCUT2D eigenvalue weighted by Crippen LogP contribution is 2.33. The van der Waals surface area contributed by atoms with Crippen LogP contribution in [-0.4, -0.2) is 22.5 Å². The summed E-state index contributed by atoms with van der Waals surface area (Å²) in [5.41, 5.74) is 3.31. The van der Waals surface area contributed by atoms with Gasteiger partial charge in [-0.25, -0.2) is 4.39 Å². The van der Waals surface area contributed by atoms with Crippen LogP contribution in [0.2, 0.25) is 0 Å². The summed E-state index contributed by atoms with van der Waals surface area (Å²) in [6.45, 7) is 2.75. The van der Waals surface area contributed by atoms with Crippen LogP contribution in [0.1, 0.15) is 40.5 Å². The highest BCUT2D eigenvalue weighted by atomic mass is 19.1. The quantitative estimate of drug-likeness (QED) is 0.684. The Morgan fingerprint density at radius 3 is 2.62 bits per heavy atom. The minimum absolute atomic E-state index is 0.0640. The molecule has 26 heavy (non-hydrogen) atoms. The first-order valence-electron chi connectivity index (χ1n) is 8.72. The molecule has 1 atom stereocenters. The molecule has 1 fully saturated rings. The molecule has 0 unspecified atom stereocenters. The minimum Gasteiger partial charge on any atom is -0.355 e. The van der Waals surface area contributed by atoms with Gasteiger partial charge in [-0.15, -0.1) is 0 Å². The van der Waals surface area contributed by atoms with Gasteiger partial charge in [-0.2, -0.15) is 0 Å². The highest BCUT2D eigenvalue weighted by Gasteiger charge is 2.32. The Morgan fingerprint density at radius 1 is 1.15 bits per heavy atom. The fourth-order valence-corrected chi connectivity index (χ4v) is 3.42. The van der Waals surface area contributed by atoms with Gasteiger partial charge in [-0.05, 0) is 49.6 Å². The third kappa shape index (κ3) is 3.12. The van der Waals surface area contributed by atoms with Gasteiger partial charge in [0.1, 0.15) is 5.82 Å². The number of aryl methyl sites for hydroxylation is 1. The fraction of sp³-hybridized carbons (Fsp3) is 0.238. The number of benzene rings is 2. The molecule has 132 valence electrons. The zero-order valence-corrected chi connectivity index (χ0v) is 14.5. The van der Waals surface area contributed by atoms with Gasteiger partial charge in [-0.3, -0.25) is 4.79 Å². The second-order valence-corrected chi connectivity index (χ2v) is 6.65. The lowest BCUT2D eigenvalue weighted by atomic mass is 10.0. The van der Waals surface area contributed by atoms with Crippen molar-refractivity contribution < 1.29 is 13.7 Å². The van der Waals surface area contributed by atoms with E-state index in [2.05, 4.69) is 29.4 Å². The van der Waals surface area contributed by atoms with Gasteiger partial charge >= 0.3 is 0 Å². The maximum Gasteiger partial charge on any atom is 0.276 e. The molecule has 0 bridgehead atoms. The average molecular weight is 350 g/mol. The maximum absolute atomic E-state index is 13.1. The van der Waals surface area contributed by atoms with E-state index in [0.29, 0.717) is 17.9 Å². The molecule has 3 aromatic rings. The third-order valence-corrected chi connectivity index (χ3v) is 4.83. The summed E-state index contributed by atoms with van der Waals surface area (Å²) in [4.78, 5) is 14.8. The summed E-state index contributed by atoms with van der Waals surface area (Å²) in [6.07, 6.45) is 1.91. The summed E-state index contributed by atoms with van der Waals surface area (Å²) in [5.74, 6) is 0.00666. The summed E-state index contributed by atoms with van der Waals surface area (Å²) >= 11 is 0. The standard InChI is InChI=1S/C21H19FN2O2/c1-14-4-6-15(7-5-14)19-3-2-12-24(19)21(25)18-13-20(26-23-18)16-8-10-17(22)11-9-16/h4-11,13,19H,2-3,12H2,1H3/t19-/m0/s1. The number of hydrogen-bond acceptors (Lipinski definition) is 3. The topological polar surface area (TPSA) is 46.3 Å². The SMILES string of the molecule is Cc1ccc([C@@H]2CCCN2C(=O)c2cc(-c3ccc(F)cc3)on2)cc1. The van der Waals surface area contributed by atoms with E-state index in [-0.39, 0.29) is 23.5 Å². The van der Waals surface area contributed by atoms with Crippen molar-refractivity contribution in [1.29, 1.82) is 0 Å². The molecule has 0 aliphatic carbocycles. The Labute approximate surface area is 151 Å². The highest BCUT2D eigenvalue weighted by molar-refractivity contribution is 5.93. The molecule has 4 nitrogen and oxygen atoms in total. The normalized spacial score (nSPS) is 16.8. The van der Waals surface area contributed by atoms with Crippen LogP contribution in [0.25, 0.3) is 11.3 Å². The summed E-state index contributed by atoms with van der Waals surface area (Å²) in [7, 11) is 0. The van der Waals surface area contributed by atoms with E-state index >= 15 is 0 Å². The largest absolute Gasteiger partial charge is 0.355 e. The Hall–Kier alpha value is -2.95. The third-order valence-electron chi connectivity index (χ3n) is 4.83. The van der Waals surface area contributed by atoms with Gasteiger partial charge < -0.3 is 9.42 Å². The number of hydrogen-bond donors (Lipinski definition) is 0. The van der Waals surface area contributed by atoms with E-state index in [4.69, 9.17) is 4.52 Å². The van der Waals surface area contributed by atoms with Crippen molar-refractivity contribution in [3.63, 3.8) is 0 Å². The molecular formula is C21H19FN2O2. The molecule has 0 saturated carbocycles. The van der Waals surface area contributed by atoms with Gasteiger partial charge in [0.05, 0.1) is 6.04 Å². The molecule has 0 radical (unpaired) electrons. The van der Waals surface area contributed by atoms with E-state index in [1.165, 1.54) is 17.7 Å². The lowest BCUT2D eigenvalue weighted by molar-refractivity contribution is 0.0725. The molecule has 4 rings (SSSR count). The molecule has 0 spiro atoms. The smallest absolute Gasteiger partial charge is 0.276 e. The number of halogens is 1. The molecule has 1 saturated heterocycles. The van der Waals surface area contributed by atoms with Crippen LogP contribution in [-0.2, 0) is 0 Å². The molecule has 5 heteroatoms. The lowest BCUT2D eigenvalue weighted by Gasteiger charge is -2.24. The van der Waals surface area contributed by atoms with Gasteiger partial charge in [0, 0.05) is 18.2 Å². The second-order valence-electron chi connectivity index (χ2n) is 6.65. The Morgan fingerprint density at radius 2 is 1.88 bits per heavy atom. The van der Waals surface area contributed by atoms with Crippen LogP contribution in [0.4, 0.5) is 4.39 Å². The predicted octanol–water partition coefficient (Wildman–Crippen LogP) is 4.77. The predicted molar refractivity (Wildman–Crippen MR) is 96.1 cm³/mol. The Balaban J connectivity index is 1.57. The number of aromatic nitrogens is 1. The van der Waals surface area contributed by atoms with Crippen molar-refractivity contribution in [3.05, 3.63) is 77.2 Å². The number of likely N-dealkylation sites (tertiary alicyclic amines) is 1. The lowest BCUT2D eigenvalue weighted by Crippen LogP contribution is -2.30. The molecule has 1 amide bonds. The first-order chi connectivity index (χ1) is 12.6. The monoisotopic (exact) mass is 350 g/mol. The van der Waals surface area contributed by atoms with E-state index in [0.717, 1.165) is 18.4 Å². The number of carbonyl (C=O) groups is 1. The Kier molecular flexibility index (Phi) is 4.29. The molecule has 1 aromatic heterocycles. The fourth-order valence-electron chi connectivity index (χ4n) is 3.42. The number of amides is 1. The second kappa shape index (κ2) is 6.75. The van der Waals surface area contributed by atoms with Crippen molar-refractivity contribution in [2.45, 2.75) is 25.8 Å². The average Bonchev–Trinajstić information content (AvgIpc) is 3.32. The number of nitrogens with zero attached hydrogens (tertiary/aromatic N) is 2. The summed E-state index contributed by atoms with van der Waals surface area (Å²) in [6, 6.07) is 15.9. The number of carbonyl (C=O) groups excluding carboxylic acids is 1. The minimum atomic E-state index is -0.317. The van der Waals surface area contributed by atoms with Gasteiger partial charge in [-0.1, -0.05) is 35.0 Å². The molecule has 1 aliphatic rings. The van der Waals surface area contributed by atoms with Crippen molar-refractivity contribution in [3.8, 4) is 11.3 Å². The van der Waals surface area contributed by atoms with Crippen LogP contribution >= 0.6 is 0 Å². The van der Waals surface area contributed by atoms with E-state index < -0.39 is 0 Å². The Bertz CT molecular complexity index is 916. The van der Waals surface area contributed by atoms with E-state index in [1.54, 1.807) is 18.2 Å². The maximum atomic E-state index is 13.1. The zero-order valence-electron chi connectivity index (χ0n) is 14.5. The molecule has 1 aliphatic heterocycles.